The number of aromatic nitrogens is 1. The predicted molar refractivity (Wildman–Crippen MR) is 130 cm³/mol. The molecule has 4 amide bonds. The van der Waals surface area contributed by atoms with Gasteiger partial charge in [-0.15, -0.1) is 0 Å². The highest BCUT2D eigenvalue weighted by Gasteiger charge is 2.35. The Labute approximate surface area is 218 Å². The molecular formula is C25H29FN6O6. The lowest BCUT2D eigenvalue weighted by Gasteiger charge is -2.30. The average Bonchev–Trinajstić information content (AvgIpc) is 3.35. The first-order chi connectivity index (χ1) is 18.2. The number of nitrogens with one attached hydrogen (secondary N) is 4. The van der Waals surface area contributed by atoms with Crippen LogP contribution in [0.15, 0.2) is 34.9 Å². The molecule has 3 rings (SSSR count). The number of ether oxygens (including phenoxy) is 1. The van der Waals surface area contributed by atoms with E-state index in [0.717, 1.165) is 0 Å². The Morgan fingerprint density at radius 3 is 2.63 bits per heavy atom. The van der Waals surface area contributed by atoms with Gasteiger partial charge in [-0.25, -0.2) is 9.18 Å². The van der Waals surface area contributed by atoms with Gasteiger partial charge in [0.05, 0.1) is 6.04 Å². The highest BCUT2D eigenvalue weighted by molar-refractivity contribution is 5.96. The number of hydrogen-bond acceptors (Lipinski definition) is 8. The molecule has 2 heterocycles. The van der Waals surface area contributed by atoms with Gasteiger partial charge >= 0.3 is 6.09 Å². The third kappa shape index (κ3) is 7.76. The summed E-state index contributed by atoms with van der Waals surface area (Å²) in [6.07, 6.45) is -1.08. The quantitative estimate of drug-likeness (QED) is 0.355. The molecule has 202 valence electrons. The smallest absolute Gasteiger partial charge is 0.408 e. The van der Waals surface area contributed by atoms with Crippen LogP contribution in [0.5, 0.6) is 0 Å². The summed E-state index contributed by atoms with van der Waals surface area (Å²) < 4.78 is 23.5. The van der Waals surface area contributed by atoms with Crippen LogP contribution >= 0.6 is 0 Å². The number of nitriles is 1. The first-order valence-electron chi connectivity index (χ1n) is 12.0. The summed E-state index contributed by atoms with van der Waals surface area (Å²) in [5.41, 5.74) is 0.498. The standard InChI is InChI=1S/C25H29FN6O6/c1-14-10-20(32-38-14)24(35)31-19(11-15-5-7-17(26)8-6-15)23(34)30-18(21(13-27)37-25(36)28-2)12-16-4-3-9-29-22(16)33/h5-8,10,16,18-19,21H,3-4,9,11-12H2,1-2H3,(H,28,36)(H,29,33)(H,30,34)(H,31,35)/t16-,18-,19-,21+/m0/s1. The van der Waals surface area contributed by atoms with E-state index in [2.05, 4.69) is 26.4 Å². The number of hydrogen-bond donors (Lipinski definition) is 4. The zero-order valence-electron chi connectivity index (χ0n) is 21.0. The second kappa shape index (κ2) is 13.2. The highest BCUT2D eigenvalue weighted by atomic mass is 19.1. The molecule has 12 nitrogen and oxygen atoms in total. The van der Waals surface area contributed by atoms with Crippen molar-refractivity contribution in [1.29, 1.82) is 5.26 Å². The van der Waals surface area contributed by atoms with Crippen LogP contribution in [0.25, 0.3) is 0 Å². The van der Waals surface area contributed by atoms with E-state index in [9.17, 15) is 28.8 Å². The lowest BCUT2D eigenvalue weighted by atomic mass is 9.89. The Hall–Kier alpha value is -4.47. The third-order valence-electron chi connectivity index (χ3n) is 6.03. The van der Waals surface area contributed by atoms with E-state index in [1.165, 1.54) is 37.4 Å². The summed E-state index contributed by atoms with van der Waals surface area (Å²) in [4.78, 5) is 50.5. The molecule has 1 aliphatic rings. The molecule has 0 spiro atoms. The fourth-order valence-electron chi connectivity index (χ4n) is 4.05. The second-order valence-corrected chi connectivity index (χ2v) is 8.87. The largest absolute Gasteiger partial charge is 0.429 e. The molecule has 2 aromatic rings. The number of nitrogens with zero attached hydrogens (tertiary/aromatic N) is 2. The summed E-state index contributed by atoms with van der Waals surface area (Å²) >= 11 is 0. The molecule has 0 radical (unpaired) electrons. The normalized spacial score (nSPS) is 17.2. The molecule has 0 bridgehead atoms. The van der Waals surface area contributed by atoms with Gasteiger partial charge in [0, 0.05) is 32.0 Å². The van der Waals surface area contributed by atoms with Crippen LogP contribution in [0.2, 0.25) is 0 Å². The Kier molecular flexibility index (Phi) is 9.75. The zero-order valence-corrected chi connectivity index (χ0v) is 21.0. The molecule has 13 heteroatoms. The van der Waals surface area contributed by atoms with Crippen LogP contribution in [0.3, 0.4) is 0 Å². The molecule has 1 aromatic heterocycles. The lowest BCUT2D eigenvalue weighted by Crippen LogP contribution is -2.55. The van der Waals surface area contributed by atoms with Gasteiger partial charge in [-0.2, -0.15) is 5.26 Å². The van der Waals surface area contributed by atoms with Crippen LogP contribution in [0, 0.1) is 30.0 Å². The summed E-state index contributed by atoms with van der Waals surface area (Å²) in [7, 11) is 1.32. The van der Waals surface area contributed by atoms with Crippen molar-refractivity contribution < 1.29 is 32.8 Å². The first kappa shape index (κ1) is 28.1. The first-order valence-corrected chi connectivity index (χ1v) is 12.0. The van der Waals surface area contributed by atoms with E-state index in [4.69, 9.17) is 9.26 Å². The Morgan fingerprint density at radius 1 is 1.29 bits per heavy atom. The summed E-state index contributed by atoms with van der Waals surface area (Å²) in [6.45, 7) is 2.13. The number of piperidine rings is 1. The Bertz CT molecular complexity index is 1190. The van der Waals surface area contributed by atoms with Gasteiger partial charge < -0.3 is 30.5 Å². The fraction of sp³-hybridized carbons (Fsp3) is 0.440. The number of halogens is 1. The monoisotopic (exact) mass is 528 g/mol. The maximum atomic E-state index is 13.5. The van der Waals surface area contributed by atoms with Crippen LogP contribution in [0.1, 0.15) is 41.1 Å². The van der Waals surface area contributed by atoms with Crippen molar-refractivity contribution in [1.82, 2.24) is 26.4 Å². The van der Waals surface area contributed by atoms with E-state index >= 15 is 0 Å². The minimum Gasteiger partial charge on any atom is -0.429 e. The van der Waals surface area contributed by atoms with Gasteiger partial charge in [0.15, 0.2) is 5.69 Å². The maximum Gasteiger partial charge on any atom is 0.408 e. The molecule has 4 atom stereocenters. The summed E-state index contributed by atoms with van der Waals surface area (Å²) in [5, 5.41) is 23.6. The maximum absolute atomic E-state index is 13.5. The van der Waals surface area contributed by atoms with Crippen LogP contribution in [-0.2, 0) is 20.7 Å². The summed E-state index contributed by atoms with van der Waals surface area (Å²) in [6, 6.07) is 6.39. The van der Waals surface area contributed by atoms with Crippen molar-refractivity contribution in [2.24, 2.45) is 5.92 Å². The molecule has 1 aliphatic heterocycles. The van der Waals surface area contributed by atoms with Gasteiger partial charge in [-0.1, -0.05) is 17.3 Å². The molecule has 38 heavy (non-hydrogen) atoms. The van der Waals surface area contributed by atoms with Gasteiger partial charge in [0.1, 0.15) is 23.7 Å². The molecule has 1 fully saturated rings. The van der Waals surface area contributed by atoms with E-state index in [0.29, 0.717) is 30.7 Å². The van der Waals surface area contributed by atoms with E-state index in [1.54, 1.807) is 6.92 Å². The molecule has 0 saturated carbocycles. The molecule has 4 N–H and O–H groups in total. The fourth-order valence-corrected chi connectivity index (χ4v) is 4.05. The average molecular weight is 529 g/mol. The third-order valence-corrected chi connectivity index (χ3v) is 6.03. The number of benzene rings is 1. The summed E-state index contributed by atoms with van der Waals surface area (Å²) in [5.74, 6) is -2.23. The number of amides is 4. The van der Waals surface area contributed by atoms with Crippen molar-refractivity contribution in [3.63, 3.8) is 0 Å². The molecule has 1 saturated heterocycles. The van der Waals surface area contributed by atoms with Crippen molar-refractivity contribution in [2.75, 3.05) is 13.6 Å². The predicted octanol–water partition coefficient (Wildman–Crippen LogP) is 1.11. The lowest BCUT2D eigenvalue weighted by molar-refractivity contribution is -0.129. The topological polar surface area (TPSA) is 175 Å². The number of rotatable bonds is 10. The number of alkyl carbamates (subject to hydrolysis) is 1. The van der Waals surface area contributed by atoms with Crippen molar-refractivity contribution in [3.05, 3.63) is 53.2 Å². The molecule has 0 unspecified atom stereocenters. The highest BCUT2D eigenvalue weighted by Crippen LogP contribution is 2.20. The minimum absolute atomic E-state index is 0.0203. The van der Waals surface area contributed by atoms with Crippen molar-refractivity contribution in [2.45, 2.75) is 50.8 Å². The van der Waals surface area contributed by atoms with Gasteiger partial charge in [-0.3, -0.25) is 14.4 Å². The second-order valence-electron chi connectivity index (χ2n) is 8.87. The van der Waals surface area contributed by atoms with Gasteiger partial charge in [0.25, 0.3) is 5.91 Å². The van der Waals surface area contributed by atoms with E-state index in [1.807, 2.05) is 6.07 Å². The van der Waals surface area contributed by atoms with Gasteiger partial charge in [-0.05, 0) is 43.9 Å². The number of carbonyl (C=O) groups is 4. The Morgan fingerprint density at radius 2 is 2.03 bits per heavy atom. The van der Waals surface area contributed by atoms with E-state index < -0.39 is 47.8 Å². The molecule has 1 aromatic carbocycles. The zero-order chi connectivity index (χ0) is 27.7. The molecular weight excluding hydrogens is 499 g/mol. The van der Waals surface area contributed by atoms with Gasteiger partial charge in [0.2, 0.25) is 17.9 Å². The molecule has 0 aliphatic carbocycles. The van der Waals surface area contributed by atoms with E-state index in [-0.39, 0.29) is 24.4 Å². The minimum atomic E-state index is -1.42. The van der Waals surface area contributed by atoms with Crippen LogP contribution < -0.4 is 21.3 Å². The van der Waals surface area contributed by atoms with Crippen LogP contribution in [0.4, 0.5) is 9.18 Å². The van der Waals surface area contributed by atoms with Crippen LogP contribution in [-0.4, -0.2) is 60.8 Å². The Balaban J connectivity index is 1.85. The number of aryl methyl sites for hydroxylation is 1. The SMILES string of the molecule is CNC(=O)O[C@H](C#N)[C@H](C[C@@H]1CCCNC1=O)NC(=O)[C@H](Cc1ccc(F)cc1)NC(=O)c1cc(C)on1. The number of carbonyl (C=O) groups excluding carboxylic acids is 4. The van der Waals surface area contributed by atoms with Crippen molar-refractivity contribution in [3.8, 4) is 6.07 Å². The van der Waals surface area contributed by atoms with Crippen molar-refractivity contribution >= 4 is 23.8 Å².